The average molecular weight is 409 g/mol. The van der Waals surface area contributed by atoms with Crippen LogP contribution in [0.15, 0.2) is 83.9 Å². The maximum Gasteiger partial charge on any atom is 0.269 e. The fraction of sp³-hybridized carbons (Fsp3) is 0.192. The van der Waals surface area contributed by atoms with Crippen LogP contribution in [0.3, 0.4) is 0 Å². The van der Waals surface area contributed by atoms with Gasteiger partial charge in [0.25, 0.3) is 5.69 Å². The highest BCUT2D eigenvalue weighted by molar-refractivity contribution is 5.82. The van der Waals surface area contributed by atoms with E-state index in [1.807, 2.05) is 12.1 Å². The molecule has 3 aromatic carbocycles. The Morgan fingerprint density at radius 3 is 2.58 bits per heavy atom. The number of anilines is 1. The zero-order chi connectivity index (χ0) is 21.4. The third-order valence-electron chi connectivity index (χ3n) is 6.24. The number of hydrogen-bond acceptors (Lipinski definition) is 4. The monoisotopic (exact) mass is 409 g/mol. The number of non-ortho nitro benzene ring substituents is 1. The summed E-state index contributed by atoms with van der Waals surface area (Å²) in [6.45, 7) is 2.15. The predicted molar refractivity (Wildman–Crippen MR) is 124 cm³/mol. The van der Waals surface area contributed by atoms with Gasteiger partial charge in [-0.05, 0) is 66.3 Å². The van der Waals surface area contributed by atoms with E-state index in [1.54, 1.807) is 18.3 Å². The topological polar surface area (TPSA) is 67.5 Å². The summed E-state index contributed by atoms with van der Waals surface area (Å²) in [7, 11) is 0. The molecule has 5 rings (SSSR count). The van der Waals surface area contributed by atoms with Gasteiger partial charge >= 0.3 is 0 Å². The molecule has 2 aliphatic rings. The highest BCUT2D eigenvalue weighted by Gasteiger charge is 2.37. The summed E-state index contributed by atoms with van der Waals surface area (Å²) < 4.78 is 0. The lowest BCUT2D eigenvalue weighted by atomic mass is 9.76. The summed E-state index contributed by atoms with van der Waals surface area (Å²) in [5.41, 5.74) is 6.96. The number of fused-ring (bicyclic) bond motifs is 3. The van der Waals surface area contributed by atoms with Crippen molar-refractivity contribution in [1.82, 2.24) is 0 Å². The predicted octanol–water partition coefficient (Wildman–Crippen LogP) is 6.48. The van der Waals surface area contributed by atoms with Gasteiger partial charge in [0.05, 0.1) is 16.7 Å². The number of aryl methyl sites for hydroxylation is 1. The average Bonchev–Trinajstić information content (AvgIpc) is 3.28. The van der Waals surface area contributed by atoms with Crippen molar-refractivity contribution in [2.24, 2.45) is 10.9 Å². The summed E-state index contributed by atoms with van der Waals surface area (Å²) in [5, 5.41) is 14.5. The Morgan fingerprint density at radius 2 is 1.84 bits per heavy atom. The van der Waals surface area contributed by atoms with E-state index in [-0.39, 0.29) is 11.7 Å². The lowest BCUT2D eigenvalue weighted by Gasteiger charge is -2.37. The van der Waals surface area contributed by atoms with Gasteiger partial charge in [-0.25, -0.2) is 0 Å². The molecule has 154 valence electrons. The van der Waals surface area contributed by atoms with Crippen LogP contribution in [0.5, 0.6) is 0 Å². The quantitative estimate of drug-likeness (QED) is 0.232. The van der Waals surface area contributed by atoms with Crippen LogP contribution >= 0.6 is 0 Å². The second-order valence-electron chi connectivity index (χ2n) is 8.26. The molecule has 5 nitrogen and oxygen atoms in total. The van der Waals surface area contributed by atoms with Crippen LogP contribution in [-0.4, -0.2) is 11.1 Å². The molecule has 0 radical (unpaired) electrons. The van der Waals surface area contributed by atoms with E-state index in [9.17, 15) is 10.1 Å². The molecule has 1 heterocycles. The molecule has 0 fully saturated rings. The number of rotatable bonds is 4. The maximum absolute atomic E-state index is 10.8. The number of hydrogen-bond donors (Lipinski definition) is 1. The molecule has 31 heavy (non-hydrogen) atoms. The lowest BCUT2D eigenvalue weighted by molar-refractivity contribution is -0.384. The normalized spacial score (nSPS) is 21.5. The van der Waals surface area contributed by atoms with Crippen molar-refractivity contribution in [3.05, 3.63) is 111 Å². The first-order valence-electron chi connectivity index (χ1n) is 10.5. The minimum Gasteiger partial charge on any atom is -0.378 e. The molecule has 0 aromatic heterocycles. The highest BCUT2D eigenvalue weighted by atomic mass is 16.6. The molecular formula is C26H23N3O2. The Balaban J connectivity index is 1.35. The zero-order valence-corrected chi connectivity index (χ0v) is 17.2. The number of nitrogens with zero attached hydrogens (tertiary/aromatic N) is 2. The molecule has 1 N–H and O–H groups in total. The zero-order valence-electron chi connectivity index (χ0n) is 17.2. The molecule has 0 unspecified atom stereocenters. The van der Waals surface area contributed by atoms with Gasteiger partial charge in [0.15, 0.2) is 0 Å². The molecule has 3 atom stereocenters. The highest BCUT2D eigenvalue weighted by Crippen LogP contribution is 2.50. The lowest BCUT2D eigenvalue weighted by Crippen LogP contribution is -2.29. The van der Waals surface area contributed by atoms with Crippen molar-refractivity contribution < 1.29 is 4.92 Å². The van der Waals surface area contributed by atoms with E-state index < -0.39 is 4.92 Å². The summed E-state index contributed by atoms with van der Waals surface area (Å²) in [4.78, 5) is 14.9. The SMILES string of the molecule is Cc1ccc2c(c1)[C@@H]1C=CC[C@H]1[C@@H](c1ccc(N=Cc3ccc([N+](=O)[O-])cc3)cc1)N2. The molecule has 0 amide bonds. The minimum atomic E-state index is -0.400. The van der Waals surface area contributed by atoms with Crippen molar-refractivity contribution in [3.8, 4) is 0 Å². The second-order valence-corrected chi connectivity index (χ2v) is 8.26. The van der Waals surface area contributed by atoms with Gasteiger partial charge in [0, 0.05) is 30.0 Å². The van der Waals surface area contributed by atoms with Crippen molar-refractivity contribution >= 4 is 23.3 Å². The third kappa shape index (κ3) is 3.75. The molecule has 5 heteroatoms. The largest absolute Gasteiger partial charge is 0.378 e. The van der Waals surface area contributed by atoms with Gasteiger partial charge in [-0.15, -0.1) is 0 Å². The number of nitrogens with one attached hydrogen (secondary N) is 1. The third-order valence-corrected chi connectivity index (χ3v) is 6.24. The molecule has 0 bridgehead atoms. The first-order valence-corrected chi connectivity index (χ1v) is 10.5. The van der Waals surface area contributed by atoms with Crippen LogP contribution in [0.25, 0.3) is 0 Å². The van der Waals surface area contributed by atoms with Crippen molar-refractivity contribution in [2.45, 2.75) is 25.3 Å². The Bertz CT molecular complexity index is 1180. The van der Waals surface area contributed by atoms with Gasteiger partial charge in [-0.2, -0.15) is 0 Å². The van der Waals surface area contributed by atoms with Crippen LogP contribution in [-0.2, 0) is 0 Å². The van der Waals surface area contributed by atoms with Crippen LogP contribution in [0.1, 0.15) is 40.6 Å². The molecule has 0 spiro atoms. The molecular weight excluding hydrogens is 386 g/mol. The van der Waals surface area contributed by atoms with E-state index in [4.69, 9.17) is 0 Å². The first kappa shape index (κ1) is 19.2. The molecule has 1 aliphatic carbocycles. The van der Waals surface area contributed by atoms with Crippen molar-refractivity contribution in [2.75, 3.05) is 5.32 Å². The van der Waals surface area contributed by atoms with Crippen molar-refractivity contribution in [1.29, 1.82) is 0 Å². The Morgan fingerprint density at radius 1 is 1.06 bits per heavy atom. The van der Waals surface area contributed by atoms with E-state index in [1.165, 1.54) is 34.5 Å². The number of nitro groups is 1. The molecule has 0 saturated carbocycles. The fourth-order valence-corrected chi connectivity index (χ4v) is 4.64. The van der Waals surface area contributed by atoms with E-state index in [2.05, 4.69) is 59.7 Å². The molecule has 0 saturated heterocycles. The van der Waals surface area contributed by atoms with E-state index >= 15 is 0 Å². The summed E-state index contributed by atoms with van der Waals surface area (Å²) in [6, 6.07) is 21.7. The minimum absolute atomic E-state index is 0.0814. The van der Waals surface area contributed by atoms with Gasteiger partial charge in [0.1, 0.15) is 0 Å². The van der Waals surface area contributed by atoms with Crippen molar-refractivity contribution in [3.63, 3.8) is 0 Å². The fourth-order valence-electron chi connectivity index (χ4n) is 4.64. The Hall–Kier alpha value is -3.73. The van der Waals surface area contributed by atoms with Crippen LogP contribution in [0.2, 0.25) is 0 Å². The van der Waals surface area contributed by atoms with Gasteiger partial charge in [-0.3, -0.25) is 15.1 Å². The summed E-state index contributed by atoms with van der Waals surface area (Å²) >= 11 is 0. The molecule has 1 aliphatic heterocycles. The first-order chi connectivity index (χ1) is 15.1. The van der Waals surface area contributed by atoms with Gasteiger partial charge < -0.3 is 5.32 Å². The Kier molecular flexibility index (Phi) is 4.86. The number of benzene rings is 3. The second kappa shape index (κ2) is 7.84. The number of nitro benzene ring substituents is 1. The smallest absolute Gasteiger partial charge is 0.269 e. The van der Waals surface area contributed by atoms with E-state index in [0.29, 0.717) is 11.8 Å². The van der Waals surface area contributed by atoms with Crippen LogP contribution < -0.4 is 5.32 Å². The molecule has 3 aromatic rings. The van der Waals surface area contributed by atoms with Gasteiger partial charge in [-0.1, -0.05) is 42.0 Å². The standard InChI is InChI=1S/C26H23N3O2/c1-17-5-14-25-24(15-17)22-3-2-4-23(22)26(28-25)19-8-10-20(11-9-19)27-16-18-6-12-21(13-7-18)29(30)31/h2-3,5-16,22-23,26,28H,4H2,1H3/t22-,23-,26-/m1/s1. The Labute approximate surface area is 181 Å². The number of allylic oxidation sites excluding steroid dienone is 2. The summed E-state index contributed by atoms with van der Waals surface area (Å²) in [6.07, 6.45) is 7.48. The summed E-state index contributed by atoms with van der Waals surface area (Å²) in [5.74, 6) is 0.977. The van der Waals surface area contributed by atoms with Gasteiger partial charge in [0.2, 0.25) is 0 Å². The number of aliphatic imine (C=N–C) groups is 1. The van der Waals surface area contributed by atoms with E-state index in [0.717, 1.165) is 17.7 Å². The maximum atomic E-state index is 10.8. The van der Waals surface area contributed by atoms with Crippen LogP contribution in [0.4, 0.5) is 17.1 Å². The van der Waals surface area contributed by atoms with Crippen LogP contribution in [0, 0.1) is 23.0 Å².